The Balaban J connectivity index is 1.63. The van der Waals surface area contributed by atoms with E-state index in [0.717, 1.165) is 22.2 Å². The van der Waals surface area contributed by atoms with Gasteiger partial charge in [0.2, 0.25) is 0 Å². The molecule has 25 heavy (non-hydrogen) atoms. The van der Waals surface area contributed by atoms with Gasteiger partial charge in [0.1, 0.15) is 5.75 Å². The highest BCUT2D eigenvalue weighted by Gasteiger charge is 2.20. The Hall–Kier alpha value is -3.08. The summed E-state index contributed by atoms with van der Waals surface area (Å²) >= 11 is 0. The minimum atomic E-state index is -0.579. The molecule has 1 amide bonds. The molecule has 1 N–H and O–H groups in total. The molecule has 0 saturated heterocycles. The van der Waals surface area contributed by atoms with Crippen molar-refractivity contribution in [2.24, 2.45) is 7.05 Å². The van der Waals surface area contributed by atoms with E-state index in [0.29, 0.717) is 18.5 Å². The number of aryl methyl sites for hydroxylation is 1. The van der Waals surface area contributed by atoms with Crippen molar-refractivity contribution in [3.63, 3.8) is 0 Å². The van der Waals surface area contributed by atoms with Crippen molar-refractivity contribution in [2.45, 2.75) is 6.42 Å². The smallest absolute Gasteiger partial charge is 0.292 e. The number of carbonyl (C=O) groups excluding carboxylic acids is 2. The van der Waals surface area contributed by atoms with Crippen LogP contribution in [0.25, 0.3) is 10.9 Å². The molecule has 3 rings (SSSR count). The van der Waals surface area contributed by atoms with Gasteiger partial charge in [-0.25, -0.2) is 0 Å². The van der Waals surface area contributed by atoms with Crippen LogP contribution in [0.3, 0.4) is 0 Å². The quantitative estimate of drug-likeness (QED) is 0.556. The summed E-state index contributed by atoms with van der Waals surface area (Å²) in [5.41, 5.74) is 2.43. The number of nitrogens with zero attached hydrogens (tertiary/aromatic N) is 1. The van der Waals surface area contributed by atoms with Gasteiger partial charge in [-0.2, -0.15) is 0 Å². The van der Waals surface area contributed by atoms with Gasteiger partial charge >= 0.3 is 0 Å². The summed E-state index contributed by atoms with van der Waals surface area (Å²) in [5, 5.41) is 3.49. The third-order valence-corrected chi connectivity index (χ3v) is 4.21. The van der Waals surface area contributed by atoms with Crippen molar-refractivity contribution in [1.29, 1.82) is 0 Å². The highest BCUT2D eigenvalue weighted by Crippen LogP contribution is 2.20. The van der Waals surface area contributed by atoms with Crippen molar-refractivity contribution in [2.75, 3.05) is 13.7 Å². The van der Waals surface area contributed by atoms with E-state index >= 15 is 0 Å². The molecule has 0 spiro atoms. The first kappa shape index (κ1) is 16.8. The SMILES string of the molecule is COc1ccc(CCNC(=O)C(=O)c2cn(C)c3ccccc23)cc1. The summed E-state index contributed by atoms with van der Waals surface area (Å²) in [6, 6.07) is 15.2. The highest BCUT2D eigenvalue weighted by atomic mass is 16.5. The summed E-state index contributed by atoms with van der Waals surface area (Å²) in [6.45, 7) is 0.404. The van der Waals surface area contributed by atoms with Crippen LogP contribution in [0.5, 0.6) is 5.75 Å². The summed E-state index contributed by atoms with van der Waals surface area (Å²) in [4.78, 5) is 24.7. The van der Waals surface area contributed by atoms with Gasteiger partial charge in [0, 0.05) is 30.7 Å². The molecule has 0 atom stereocenters. The minimum absolute atomic E-state index is 0.404. The van der Waals surface area contributed by atoms with Crippen LogP contribution in [-0.2, 0) is 18.3 Å². The van der Waals surface area contributed by atoms with Gasteiger partial charge in [-0.1, -0.05) is 30.3 Å². The molecule has 0 radical (unpaired) electrons. The highest BCUT2D eigenvalue weighted by molar-refractivity contribution is 6.45. The lowest BCUT2D eigenvalue weighted by atomic mass is 10.1. The maximum Gasteiger partial charge on any atom is 0.292 e. The lowest BCUT2D eigenvalue weighted by Crippen LogP contribution is -2.32. The Morgan fingerprint density at radius 3 is 2.52 bits per heavy atom. The zero-order valence-corrected chi connectivity index (χ0v) is 14.3. The Labute approximate surface area is 146 Å². The molecule has 0 aliphatic carbocycles. The van der Waals surface area contributed by atoms with Crippen molar-refractivity contribution in [3.05, 3.63) is 65.9 Å². The first-order valence-corrected chi connectivity index (χ1v) is 8.09. The maximum atomic E-state index is 12.5. The molecule has 1 heterocycles. The second-order valence-corrected chi connectivity index (χ2v) is 5.85. The number of para-hydroxylation sites is 1. The first-order chi connectivity index (χ1) is 12.1. The second-order valence-electron chi connectivity index (χ2n) is 5.85. The van der Waals surface area contributed by atoms with Gasteiger partial charge in [0.15, 0.2) is 0 Å². The van der Waals surface area contributed by atoms with Crippen LogP contribution >= 0.6 is 0 Å². The number of ketones is 1. The number of hydrogen-bond acceptors (Lipinski definition) is 3. The molecule has 128 valence electrons. The summed E-state index contributed by atoms with van der Waals surface area (Å²) in [5.74, 6) is -0.296. The van der Waals surface area contributed by atoms with Crippen LogP contribution in [0.2, 0.25) is 0 Å². The Morgan fingerprint density at radius 1 is 1.08 bits per heavy atom. The van der Waals surface area contributed by atoms with Crippen molar-refractivity contribution >= 4 is 22.6 Å². The summed E-state index contributed by atoms with van der Waals surface area (Å²) in [6.07, 6.45) is 2.36. The van der Waals surface area contributed by atoms with Crippen molar-refractivity contribution < 1.29 is 14.3 Å². The van der Waals surface area contributed by atoms with Crippen LogP contribution in [0.15, 0.2) is 54.7 Å². The average molecular weight is 336 g/mol. The molecule has 0 fully saturated rings. The number of ether oxygens (including phenoxy) is 1. The number of Topliss-reactive ketones (excluding diaryl/α,β-unsaturated/α-hetero) is 1. The van der Waals surface area contributed by atoms with E-state index in [1.165, 1.54) is 0 Å². The Kier molecular flexibility index (Phi) is 4.84. The van der Waals surface area contributed by atoms with Crippen molar-refractivity contribution in [3.8, 4) is 5.75 Å². The van der Waals surface area contributed by atoms with Crippen LogP contribution in [0.4, 0.5) is 0 Å². The number of fused-ring (bicyclic) bond motifs is 1. The topological polar surface area (TPSA) is 60.3 Å². The fraction of sp³-hybridized carbons (Fsp3) is 0.200. The third-order valence-electron chi connectivity index (χ3n) is 4.21. The van der Waals surface area contributed by atoms with Crippen LogP contribution in [0, 0.1) is 0 Å². The molecular formula is C20H20N2O3. The molecule has 1 aromatic heterocycles. The molecule has 0 aliphatic heterocycles. The van der Waals surface area contributed by atoms with E-state index < -0.39 is 11.7 Å². The number of aromatic nitrogens is 1. The van der Waals surface area contributed by atoms with E-state index in [4.69, 9.17) is 4.74 Å². The average Bonchev–Trinajstić information content (AvgIpc) is 2.98. The molecule has 2 aromatic carbocycles. The fourth-order valence-electron chi connectivity index (χ4n) is 2.84. The van der Waals surface area contributed by atoms with Gasteiger partial charge < -0.3 is 14.6 Å². The fourth-order valence-corrected chi connectivity index (χ4v) is 2.84. The minimum Gasteiger partial charge on any atom is -0.497 e. The van der Waals surface area contributed by atoms with Gasteiger partial charge in [0.05, 0.1) is 12.7 Å². The van der Waals surface area contributed by atoms with Crippen molar-refractivity contribution in [1.82, 2.24) is 9.88 Å². The molecule has 0 bridgehead atoms. The molecule has 0 aliphatic rings. The zero-order valence-electron chi connectivity index (χ0n) is 14.3. The number of carbonyl (C=O) groups is 2. The van der Waals surface area contributed by atoms with Gasteiger partial charge in [-0.3, -0.25) is 9.59 Å². The van der Waals surface area contributed by atoms with Gasteiger partial charge in [-0.05, 0) is 30.2 Å². The van der Waals surface area contributed by atoms with E-state index in [-0.39, 0.29) is 0 Å². The molecule has 3 aromatic rings. The molecule has 0 unspecified atom stereocenters. The predicted molar refractivity (Wildman–Crippen MR) is 97.0 cm³/mol. The lowest BCUT2D eigenvalue weighted by Gasteiger charge is -2.05. The van der Waals surface area contributed by atoms with Gasteiger partial charge in [-0.15, -0.1) is 0 Å². The predicted octanol–water partition coefficient (Wildman–Crippen LogP) is 2.73. The molecule has 5 nitrogen and oxygen atoms in total. The number of rotatable bonds is 6. The molecule has 5 heteroatoms. The largest absolute Gasteiger partial charge is 0.497 e. The van der Waals surface area contributed by atoms with E-state index in [1.807, 2.05) is 60.1 Å². The number of methoxy groups -OCH3 is 1. The number of nitrogens with one attached hydrogen (secondary N) is 1. The van der Waals surface area contributed by atoms with E-state index in [2.05, 4.69) is 5.32 Å². The standard InChI is InChI=1S/C20H20N2O3/c1-22-13-17(16-5-3-4-6-18(16)22)19(23)20(24)21-12-11-14-7-9-15(25-2)10-8-14/h3-10,13H,11-12H2,1-2H3,(H,21,24). The monoisotopic (exact) mass is 336 g/mol. The Bertz CT molecular complexity index is 910. The van der Waals surface area contributed by atoms with Gasteiger partial charge in [0.25, 0.3) is 11.7 Å². The maximum absolute atomic E-state index is 12.5. The number of amides is 1. The van der Waals surface area contributed by atoms with E-state index in [9.17, 15) is 9.59 Å². The second kappa shape index (κ2) is 7.21. The summed E-state index contributed by atoms with van der Waals surface area (Å²) in [7, 11) is 3.48. The van der Waals surface area contributed by atoms with E-state index in [1.54, 1.807) is 13.3 Å². The molecular weight excluding hydrogens is 316 g/mol. The molecule has 0 saturated carbocycles. The Morgan fingerprint density at radius 2 is 1.80 bits per heavy atom. The zero-order chi connectivity index (χ0) is 17.8. The van der Waals surface area contributed by atoms with Crippen LogP contribution in [0.1, 0.15) is 15.9 Å². The lowest BCUT2D eigenvalue weighted by molar-refractivity contribution is -0.116. The third kappa shape index (κ3) is 3.55. The van der Waals surface area contributed by atoms with Crippen LogP contribution < -0.4 is 10.1 Å². The number of hydrogen-bond donors (Lipinski definition) is 1. The summed E-state index contributed by atoms with van der Waals surface area (Å²) < 4.78 is 6.97. The number of benzene rings is 2. The normalized spacial score (nSPS) is 10.6. The first-order valence-electron chi connectivity index (χ1n) is 8.09. The van der Waals surface area contributed by atoms with Crippen LogP contribution in [-0.4, -0.2) is 29.9 Å².